The molecule has 3 rings (SSSR count). The van der Waals surface area contributed by atoms with Crippen molar-refractivity contribution in [2.75, 3.05) is 18.4 Å². The van der Waals surface area contributed by atoms with Crippen molar-refractivity contribution >= 4 is 5.69 Å². The molecule has 2 N–H and O–H groups in total. The van der Waals surface area contributed by atoms with Gasteiger partial charge in [0.2, 0.25) is 0 Å². The summed E-state index contributed by atoms with van der Waals surface area (Å²) in [4.78, 5) is 2.64. The summed E-state index contributed by atoms with van der Waals surface area (Å²) in [5.41, 5.74) is 2.08. The van der Waals surface area contributed by atoms with E-state index in [1.165, 1.54) is 38.8 Å². The van der Waals surface area contributed by atoms with Crippen molar-refractivity contribution in [3.63, 3.8) is 0 Å². The topological polar surface area (TPSA) is 35.5 Å². The number of phenolic OH excluding ortho intramolecular Hbond substituents is 1. The molecular formula is C15H22N2O. The van der Waals surface area contributed by atoms with Crippen LogP contribution >= 0.6 is 0 Å². The van der Waals surface area contributed by atoms with E-state index < -0.39 is 0 Å². The lowest BCUT2D eigenvalue weighted by atomic mass is 9.97. The Morgan fingerprint density at radius 1 is 1.28 bits per heavy atom. The molecule has 2 unspecified atom stereocenters. The highest BCUT2D eigenvalue weighted by Gasteiger charge is 2.31. The molecule has 0 saturated carbocycles. The lowest BCUT2D eigenvalue weighted by Crippen LogP contribution is -2.42. The van der Waals surface area contributed by atoms with Crippen LogP contribution in [0.15, 0.2) is 18.2 Å². The average molecular weight is 246 g/mol. The zero-order valence-electron chi connectivity index (χ0n) is 11.0. The van der Waals surface area contributed by atoms with Gasteiger partial charge in [-0.2, -0.15) is 0 Å². The number of fused-ring (bicyclic) bond motifs is 1. The van der Waals surface area contributed by atoms with Crippen molar-refractivity contribution in [2.45, 2.75) is 44.7 Å². The predicted octanol–water partition coefficient (Wildman–Crippen LogP) is 2.74. The van der Waals surface area contributed by atoms with E-state index in [2.05, 4.69) is 10.2 Å². The van der Waals surface area contributed by atoms with E-state index >= 15 is 0 Å². The molecule has 3 nitrogen and oxygen atoms in total. The van der Waals surface area contributed by atoms with Crippen LogP contribution in [0.3, 0.4) is 0 Å². The molecule has 0 radical (unpaired) electrons. The highest BCUT2D eigenvalue weighted by molar-refractivity contribution is 5.50. The fourth-order valence-electron chi connectivity index (χ4n) is 3.34. The van der Waals surface area contributed by atoms with Crippen molar-refractivity contribution < 1.29 is 5.11 Å². The van der Waals surface area contributed by atoms with Gasteiger partial charge in [0.15, 0.2) is 0 Å². The molecule has 0 aromatic heterocycles. The minimum Gasteiger partial charge on any atom is -0.508 e. The van der Waals surface area contributed by atoms with Crippen molar-refractivity contribution in [1.29, 1.82) is 0 Å². The highest BCUT2D eigenvalue weighted by atomic mass is 16.3. The van der Waals surface area contributed by atoms with Crippen LogP contribution in [-0.4, -0.2) is 35.2 Å². The van der Waals surface area contributed by atoms with Crippen LogP contribution in [0.25, 0.3) is 0 Å². The zero-order chi connectivity index (χ0) is 12.5. The average Bonchev–Trinajstić information content (AvgIpc) is 2.81. The lowest BCUT2D eigenvalue weighted by molar-refractivity contribution is 0.188. The van der Waals surface area contributed by atoms with E-state index in [-0.39, 0.29) is 0 Å². The molecule has 0 bridgehead atoms. The summed E-state index contributed by atoms with van der Waals surface area (Å²) in [6, 6.07) is 7.19. The Bertz CT molecular complexity index is 433. The van der Waals surface area contributed by atoms with Crippen LogP contribution in [0.4, 0.5) is 5.69 Å². The summed E-state index contributed by atoms with van der Waals surface area (Å²) >= 11 is 0. The summed E-state index contributed by atoms with van der Waals surface area (Å²) in [5, 5.41) is 13.2. The van der Waals surface area contributed by atoms with E-state index in [0.717, 1.165) is 17.3 Å². The van der Waals surface area contributed by atoms with Gasteiger partial charge in [0.05, 0.1) is 0 Å². The molecule has 2 atom stereocenters. The Hall–Kier alpha value is -1.22. The number of hydrogen-bond acceptors (Lipinski definition) is 3. The summed E-state index contributed by atoms with van der Waals surface area (Å²) in [6.07, 6.45) is 5.23. The molecule has 1 aromatic rings. The van der Waals surface area contributed by atoms with Crippen molar-refractivity contribution in [1.82, 2.24) is 4.90 Å². The van der Waals surface area contributed by atoms with Gasteiger partial charge >= 0.3 is 0 Å². The van der Waals surface area contributed by atoms with Crippen LogP contribution in [0.5, 0.6) is 5.75 Å². The number of nitrogens with one attached hydrogen (secondary N) is 1. The van der Waals surface area contributed by atoms with Crippen LogP contribution in [0.2, 0.25) is 0 Å². The Morgan fingerprint density at radius 3 is 3.00 bits per heavy atom. The van der Waals surface area contributed by atoms with Crippen LogP contribution in [-0.2, 0) is 0 Å². The van der Waals surface area contributed by atoms with Gasteiger partial charge in [-0.1, -0.05) is 0 Å². The van der Waals surface area contributed by atoms with Gasteiger partial charge in [0, 0.05) is 24.3 Å². The number of nitrogens with zero attached hydrogens (tertiary/aromatic N) is 1. The molecule has 18 heavy (non-hydrogen) atoms. The molecule has 0 amide bonds. The van der Waals surface area contributed by atoms with Crippen LogP contribution in [0.1, 0.15) is 31.2 Å². The Labute approximate surface area is 109 Å². The Morgan fingerprint density at radius 2 is 2.17 bits per heavy atom. The van der Waals surface area contributed by atoms with Gasteiger partial charge in [0.1, 0.15) is 5.75 Å². The third-order valence-corrected chi connectivity index (χ3v) is 4.39. The predicted molar refractivity (Wildman–Crippen MR) is 74.1 cm³/mol. The quantitative estimate of drug-likeness (QED) is 0.788. The maximum absolute atomic E-state index is 9.54. The van der Waals surface area contributed by atoms with Crippen molar-refractivity contribution in [3.8, 4) is 5.75 Å². The number of hydrogen-bond donors (Lipinski definition) is 2. The first-order valence-electron chi connectivity index (χ1n) is 7.02. The van der Waals surface area contributed by atoms with Gasteiger partial charge in [-0.25, -0.2) is 0 Å². The molecule has 0 spiro atoms. The SMILES string of the molecule is Cc1cc(NC2CCN3CCCC3C2)ccc1O. The second-order valence-electron chi connectivity index (χ2n) is 5.70. The summed E-state index contributed by atoms with van der Waals surface area (Å²) in [6.45, 7) is 4.48. The van der Waals surface area contributed by atoms with Crippen LogP contribution < -0.4 is 5.32 Å². The molecule has 2 fully saturated rings. The number of phenols is 1. The monoisotopic (exact) mass is 246 g/mol. The molecular weight excluding hydrogens is 224 g/mol. The summed E-state index contributed by atoms with van der Waals surface area (Å²) in [5.74, 6) is 0.381. The lowest BCUT2D eigenvalue weighted by Gasteiger charge is -2.35. The van der Waals surface area contributed by atoms with Crippen molar-refractivity contribution in [3.05, 3.63) is 23.8 Å². The zero-order valence-corrected chi connectivity index (χ0v) is 11.0. The second-order valence-corrected chi connectivity index (χ2v) is 5.70. The van der Waals surface area contributed by atoms with E-state index in [1.807, 2.05) is 19.1 Å². The second kappa shape index (κ2) is 4.81. The number of piperidine rings is 1. The summed E-state index contributed by atoms with van der Waals surface area (Å²) in [7, 11) is 0. The van der Waals surface area contributed by atoms with E-state index in [9.17, 15) is 5.11 Å². The highest BCUT2D eigenvalue weighted by Crippen LogP contribution is 2.29. The van der Waals surface area contributed by atoms with E-state index in [1.54, 1.807) is 6.07 Å². The maximum atomic E-state index is 9.54. The fraction of sp³-hybridized carbons (Fsp3) is 0.600. The summed E-state index contributed by atoms with van der Waals surface area (Å²) < 4.78 is 0. The van der Waals surface area contributed by atoms with E-state index in [0.29, 0.717) is 11.8 Å². The van der Waals surface area contributed by atoms with Gasteiger partial charge < -0.3 is 15.3 Å². The van der Waals surface area contributed by atoms with Crippen molar-refractivity contribution in [2.24, 2.45) is 0 Å². The molecule has 1 aromatic carbocycles. The smallest absolute Gasteiger partial charge is 0.118 e. The maximum Gasteiger partial charge on any atom is 0.118 e. The fourth-order valence-corrected chi connectivity index (χ4v) is 3.34. The molecule has 2 saturated heterocycles. The number of aromatic hydroxyl groups is 1. The van der Waals surface area contributed by atoms with Gasteiger partial charge in [0.25, 0.3) is 0 Å². The largest absolute Gasteiger partial charge is 0.508 e. The number of rotatable bonds is 2. The number of benzene rings is 1. The normalized spacial score (nSPS) is 28.1. The first-order chi connectivity index (χ1) is 8.72. The minimum atomic E-state index is 0.381. The Balaban J connectivity index is 1.64. The van der Waals surface area contributed by atoms with Gasteiger partial charge in [-0.05, 0) is 62.9 Å². The number of anilines is 1. The standard InChI is InChI=1S/C15H22N2O/c1-11-9-12(4-5-15(11)18)16-13-6-8-17-7-2-3-14(17)10-13/h4-5,9,13-14,16,18H,2-3,6-8,10H2,1H3. The molecule has 2 aliphatic rings. The van der Waals surface area contributed by atoms with Gasteiger partial charge in [-0.15, -0.1) is 0 Å². The van der Waals surface area contributed by atoms with Gasteiger partial charge in [-0.3, -0.25) is 0 Å². The first kappa shape index (κ1) is 11.8. The molecule has 0 aliphatic carbocycles. The Kier molecular flexibility index (Phi) is 3.16. The van der Waals surface area contributed by atoms with Crippen LogP contribution in [0, 0.1) is 6.92 Å². The third kappa shape index (κ3) is 2.32. The molecule has 3 heteroatoms. The molecule has 98 valence electrons. The van der Waals surface area contributed by atoms with E-state index in [4.69, 9.17) is 0 Å². The minimum absolute atomic E-state index is 0.381. The molecule has 2 aliphatic heterocycles. The molecule has 2 heterocycles. The number of aryl methyl sites for hydroxylation is 1. The third-order valence-electron chi connectivity index (χ3n) is 4.39. The first-order valence-corrected chi connectivity index (χ1v) is 7.02.